The van der Waals surface area contributed by atoms with Crippen molar-refractivity contribution in [3.8, 4) is 0 Å². The van der Waals surface area contributed by atoms with Gasteiger partial charge < -0.3 is 5.32 Å². The summed E-state index contributed by atoms with van der Waals surface area (Å²) < 4.78 is 0. The maximum absolute atomic E-state index is 6.07. The van der Waals surface area contributed by atoms with Gasteiger partial charge in [0.05, 0.1) is 11.4 Å². The number of hydrogen-bond donors (Lipinski definition) is 1. The van der Waals surface area contributed by atoms with Gasteiger partial charge in [-0.25, -0.2) is 9.97 Å². The molecule has 0 saturated heterocycles. The Balaban J connectivity index is 2.58. The SMILES string of the molecule is CCSCCC(C)Nc1nc(C)c(C)nc1Cl. The molecule has 0 radical (unpaired) electrons. The molecule has 1 unspecified atom stereocenters. The summed E-state index contributed by atoms with van der Waals surface area (Å²) in [5.41, 5.74) is 1.81. The van der Waals surface area contributed by atoms with Crippen LogP contribution in [0.4, 0.5) is 5.82 Å². The van der Waals surface area contributed by atoms with Gasteiger partial charge in [-0.1, -0.05) is 18.5 Å². The number of nitrogens with zero attached hydrogens (tertiary/aromatic N) is 2. The minimum Gasteiger partial charge on any atom is -0.365 e. The van der Waals surface area contributed by atoms with Gasteiger partial charge in [0, 0.05) is 6.04 Å². The Kier molecular flexibility index (Phi) is 6.06. The molecule has 17 heavy (non-hydrogen) atoms. The molecule has 1 rings (SSSR count). The van der Waals surface area contributed by atoms with Gasteiger partial charge in [-0.3, -0.25) is 0 Å². The summed E-state index contributed by atoms with van der Waals surface area (Å²) >= 11 is 8.01. The van der Waals surface area contributed by atoms with Crippen LogP contribution in [0.5, 0.6) is 0 Å². The molecule has 3 nitrogen and oxygen atoms in total. The molecule has 5 heteroatoms. The van der Waals surface area contributed by atoms with Gasteiger partial charge in [0.1, 0.15) is 0 Å². The van der Waals surface area contributed by atoms with Crippen LogP contribution in [0.2, 0.25) is 5.15 Å². The van der Waals surface area contributed by atoms with Crippen molar-refractivity contribution in [1.82, 2.24) is 9.97 Å². The highest BCUT2D eigenvalue weighted by atomic mass is 35.5. The molecule has 0 fully saturated rings. The lowest BCUT2D eigenvalue weighted by atomic mass is 10.2. The highest BCUT2D eigenvalue weighted by Gasteiger charge is 2.09. The third kappa shape index (κ3) is 4.72. The standard InChI is InChI=1S/C12H20ClN3S/c1-5-17-7-6-8(2)14-12-11(13)15-9(3)10(4)16-12/h8H,5-7H2,1-4H3,(H,14,16). The lowest BCUT2D eigenvalue weighted by Crippen LogP contribution is -2.18. The van der Waals surface area contributed by atoms with Gasteiger partial charge in [-0.2, -0.15) is 11.8 Å². The molecule has 96 valence electrons. The normalized spacial score (nSPS) is 12.5. The summed E-state index contributed by atoms with van der Waals surface area (Å²) in [6.45, 7) is 8.18. The Morgan fingerprint density at radius 2 is 1.94 bits per heavy atom. The first-order valence-corrected chi connectivity index (χ1v) is 7.42. The molecule has 0 bridgehead atoms. The van der Waals surface area contributed by atoms with E-state index < -0.39 is 0 Å². The van der Waals surface area contributed by atoms with Gasteiger partial charge in [-0.15, -0.1) is 0 Å². The van der Waals surface area contributed by atoms with E-state index in [0.29, 0.717) is 17.0 Å². The summed E-state index contributed by atoms with van der Waals surface area (Å²) in [4.78, 5) is 8.69. The van der Waals surface area contributed by atoms with E-state index in [-0.39, 0.29) is 0 Å². The molecule has 0 aromatic carbocycles. The molecule has 0 aliphatic heterocycles. The van der Waals surface area contributed by atoms with E-state index >= 15 is 0 Å². The Morgan fingerprint density at radius 1 is 1.29 bits per heavy atom. The Bertz CT molecular complexity index is 371. The van der Waals surface area contributed by atoms with Crippen molar-refractivity contribution in [3.63, 3.8) is 0 Å². The minimum atomic E-state index is 0.364. The molecule has 1 aromatic heterocycles. The summed E-state index contributed by atoms with van der Waals surface area (Å²) in [6, 6.07) is 0.364. The average molecular weight is 274 g/mol. The molecule has 1 heterocycles. The van der Waals surface area contributed by atoms with Crippen molar-refractivity contribution in [2.75, 3.05) is 16.8 Å². The zero-order valence-corrected chi connectivity index (χ0v) is 12.5. The second-order valence-corrected chi connectivity index (χ2v) is 5.82. The number of halogens is 1. The van der Waals surface area contributed by atoms with Crippen molar-refractivity contribution >= 4 is 29.2 Å². The molecule has 1 aromatic rings. The van der Waals surface area contributed by atoms with E-state index in [9.17, 15) is 0 Å². The fraction of sp³-hybridized carbons (Fsp3) is 0.667. The van der Waals surface area contributed by atoms with Crippen LogP contribution in [0.25, 0.3) is 0 Å². The second-order valence-electron chi connectivity index (χ2n) is 4.06. The fourth-order valence-corrected chi connectivity index (χ4v) is 2.41. The van der Waals surface area contributed by atoms with Crippen molar-refractivity contribution in [3.05, 3.63) is 16.5 Å². The predicted octanol–water partition coefficient (Wildman–Crippen LogP) is 3.69. The lowest BCUT2D eigenvalue weighted by molar-refractivity contribution is 0.763. The number of nitrogens with one attached hydrogen (secondary N) is 1. The number of anilines is 1. The van der Waals surface area contributed by atoms with E-state index in [1.807, 2.05) is 25.6 Å². The quantitative estimate of drug-likeness (QED) is 0.802. The molecule has 0 saturated carbocycles. The van der Waals surface area contributed by atoms with E-state index in [0.717, 1.165) is 29.3 Å². The topological polar surface area (TPSA) is 37.8 Å². The Hall–Kier alpha value is -0.480. The third-order valence-electron chi connectivity index (χ3n) is 2.55. The Morgan fingerprint density at radius 3 is 2.59 bits per heavy atom. The average Bonchev–Trinajstić information content (AvgIpc) is 2.26. The van der Waals surface area contributed by atoms with Crippen LogP contribution in [0.15, 0.2) is 0 Å². The first-order chi connectivity index (χ1) is 8.04. The molecule has 1 atom stereocenters. The summed E-state index contributed by atoms with van der Waals surface area (Å²) in [6.07, 6.45) is 1.10. The molecular weight excluding hydrogens is 254 g/mol. The number of thioether (sulfide) groups is 1. The second kappa shape index (κ2) is 7.07. The molecular formula is C12H20ClN3S. The predicted molar refractivity (Wildman–Crippen MR) is 77.2 cm³/mol. The van der Waals surface area contributed by atoms with Crippen LogP contribution < -0.4 is 5.32 Å². The minimum absolute atomic E-state index is 0.364. The Labute approximate surface area is 113 Å². The van der Waals surface area contributed by atoms with Crippen LogP contribution >= 0.6 is 23.4 Å². The molecule has 0 aliphatic rings. The molecule has 1 N–H and O–H groups in total. The summed E-state index contributed by atoms with van der Waals surface area (Å²) in [7, 11) is 0. The zero-order valence-electron chi connectivity index (χ0n) is 10.9. The van der Waals surface area contributed by atoms with E-state index in [1.165, 1.54) is 0 Å². The molecule has 0 amide bonds. The lowest BCUT2D eigenvalue weighted by Gasteiger charge is -2.15. The number of rotatable bonds is 6. The molecule has 0 aliphatic carbocycles. The van der Waals surface area contributed by atoms with Gasteiger partial charge in [0.15, 0.2) is 11.0 Å². The first-order valence-electron chi connectivity index (χ1n) is 5.89. The van der Waals surface area contributed by atoms with Gasteiger partial charge >= 0.3 is 0 Å². The zero-order chi connectivity index (χ0) is 12.8. The largest absolute Gasteiger partial charge is 0.365 e. The number of aryl methyl sites for hydroxylation is 2. The van der Waals surface area contributed by atoms with Crippen LogP contribution in [0, 0.1) is 13.8 Å². The van der Waals surface area contributed by atoms with E-state index in [2.05, 4.69) is 29.1 Å². The smallest absolute Gasteiger partial charge is 0.171 e. The first kappa shape index (κ1) is 14.6. The molecule has 0 spiro atoms. The maximum atomic E-state index is 6.07. The fourth-order valence-electron chi connectivity index (χ4n) is 1.38. The summed E-state index contributed by atoms with van der Waals surface area (Å²) in [5, 5.41) is 3.78. The van der Waals surface area contributed by atoms with Crippen molar-refractivity contribution < 1.29 is 0 Å². The van der Waals surface area contributed by atoms with Crippen LogP contribution in [-0.4, -0.2) is 27.5 Å². The number of aromatic nitrogens is 2. The highest BCUT2D eigenvalue weighted by Crippen LogP contribution is 2.20. The van der Waals surface area contributed by atoms with Gasteiger partial charge in [0.25, 0.3) is 0 Å². The van der Waals surface area contributed by atoms with Crippen molar-refractivity contribution in [2.24, 2.45) is 0 Å². The van der Waals surface area contributed by atoms with Gasteiger partial charge in [-0.05, 0) is 38.7 Å². The highest BCUT2D eigenvalue weighted by molar-refractivity contribution is 7.99. The maximum Gasteiger partial charge on any atom is 0.171 e. The van der Waals surface area contributed by atoms with Crippen LogP contribution in [-0.2, 0) is 0 Å². The third-order valence-corrected chi connectivity index (χ3v) is 3.74. The van der Waals surface area contributed by atoms with Crippen molar-refractivity contribution in [1.29, 1.82) is 0 Å². The van der Waals surface area contributed by atoms with Crippen LogP contribution in [0.1, 0.15) is 31.7 Å². The van der Waals surface area contributed by atoms with Crippen LogP contribution in [0.3, 0.4) is 0 Å². The summed E-state index contributed by atoms with van der Waals surface area (Å²) in [5.74, 6) is 3.01. The van der Waals surface area contributed by atoms with E-state index in [4.69, 9.17) is 11.6 Å². The van der Waals surface area contributed by atoms with Gasteiger partial charge in [0.2, 0.25) is 0 Å². The van der Waals surface area contributed by atoms with E-state index in [1.54, 1.807) is 0 Å². The number of hydrogen-bond acceptors (Lipinski definition) is 4. The monoisotopic (exact) mass is 273 g/mol. The van der Waals surface area contributed by atoms with Crippen molar-refractivity contribution in [2.45, 2.75) is 40.2 Å².